The smallest absolute Gasteiger partial charge is 0.232 e. The van der Waals surface area contributed by atoms with E-state index >= 15 is 0 Å². The number of carbonyl (C=O) groups is 2. The summed E-state index contributed by atoms with van der Waals surface area (Å²) in [7, 11) is 1.91. The molecule has 0 radical (unpaired) electrons. The SMILES string of the molecule is CN(C(=O)CSCC(=O)N1C[C@@H](N)[C@H](c2ccccc2)C1)C1CCCCC1. The lowest BCUT2D eigenvalue weighted by atomic mass is 9.94. The summed E-state index contributed by atoms with van der Waals surface area (Å²) in [4.78, 5) is 28.7. The van der Waals surface area contributed by atoms with Crippen molar-refractivity contribution in [3.63, 3.8) is 0 Å². The van der Waals surface area contributed by atoms with Crippen LogP contribution in [0.4, 0.5) is 0 Å². The van der Waals surface area contributed by atoms with Crippen LogP contribution in [0.2, 0.25) is 0 Å². The summed E-state index contributed by atoms with van der Waals surface area (Å²) in [6, 6.07) is 10.5. The molecule has 1 aromatic rings. The van der Waals surface area contributed by atoms with E-state index in [4.69, 9.17) is 5.73 Å². The normalized spacial score (nSPS) is 23.4. The molecule has 1 heterocycles. The van der Waals surface area contributed by atoms with Crippen molar-refractivity contribution in [2.45, 2.75) is 50.1 Å². The third kappa shape index (κ3) is 5.26. The first kappa shape index (κ1) is 20.2. The molecule has 0 bridgehead atoms. The van der Waals surface area contributed by atoms with Crippen LogP contribution in [0.3, 0.4) is 0 Å². The van der Waals surface area contributed by atoms with Crippen molar-refractivity contribution in [2.75, 3.05) is 31.6 Å². The van der Waals surface area contributed by atoms with E-state index in [1.54, 1.807) is 0 Å². The lowest BCUT2D eigenvalue weighted by molar-refractivity contribution is -0.129. The molecule has 1 saturated heterocycles. The molecule has 1 aliphatic carbocycles. The van der Waals surface area contributed by atoms with E-state index in [-0.39, 0.29) is 23.8 Å². The fourth-order valence-corrected chi connectivity index (χ4v) is 5.01. The van der Waals surface area contributed by atoms with Gasteiger partial charge in [0, 0.05) is 38.1 Å². The minimum atomic E-state index is -0.0274. The van der Waals surface area contributed by atoms with Gasteiger partial charge in [0.25, 0.3) is 0 Å². The first-order valence-corrected chi connectivity index (χ1v) is 11.1. The summed E-state index contributed by atoms with van der Waals surface area (Å²) < 4.78 is 0. The van der Waals surface area contributed by atoms with Gasteiger partial charge in [0.1, 0.15) is 0 Å². The largest absolute Gasteiger partial charge is 0.342 e. The topological polar surface area (TPSA) is 66.6 Å². The zero-order valence-corrected chi connectivity index (χ0v) is 17.0. The third-order valence-electron chi connectivity index (χ3n) is 5.91. The number of nitrogens with two attached hydrogens (primary N) is 1. The fraction of sp³-hybridized carbons (Fsp3) is 0.619. The Bertz CT molecular complexity index is 634. The highest BCUT2D eigenvalue weighted by Gasteiger charge is 2.33. The van der Waals surface area contributed by atoms with Crippen LogP contribution >= 0.6 is 11.8 Å². The summed E-state index contributed by atoms with van der Waals surface area (Å²) in [6.45, 7) is 1.26. The van der Waals surface area contributed by atoms with E-state index in [1.807, 2.05) is 35.0 Å². The Labute approximate surface area is 166 Å². The van der Waals surface area contributed by atoms with Gasteiger partial charge in [-0.05, 0) is 18.4 Å². The molecule has 5 nitrogen and oxygen atoms in total. The number of nitrogens with zero attached hydrogens (tertiary/aromatic N) is 2. The molecule has 2 N–H and O–H groups in total. The second-order valence-electron chi connectivity index (χ2n) is 7.77. The van der Waals surface area contributed by atoms with Gasteiger partial charge in [-0.15, -0.1) is 11.8 Å². The number of hydrogen-bond donors (Lipinski definition) is 1. The van der Waals surface area contributed by atoms with E-state index in [9.17, 15) is 9.59 Å². The molecule has 3 rings (SSSR count). The van der Waals surface area contributed by atoms with Gasteiger partial charge in [-0.25, -0.2) is 0 Å². The van der Waals surface area contributed by atoms with E-state index < -0.39 is 0 Å². The zero-order chi connectivity index (χ0) is 19.2. The van der Waals surface area contributed by atoms with Gasteiger partial charge in [0.2, 0.25) is 11.8 Å². The van der Waals surface area contributed by atoms with Gasteiger partial charge < -0.3 is 15.5 Å². The van der Waals surface area contributed by atoms with E-state index in [2.05, 4.69) is 12.1 Å². The van der Waals surface area contributed by atoms with Gasteiger partial charge in [-0.2, -0.15) is 0 Å². The van der Waals surface area contributed by atoms with Crippen molar-refractivity contribution in [3.05, 3.63) is 35.9 Å². The molecule has 0 spiro atoms. The van der Waals surface area contributed by atoms with E-state index in [0.29, 0.717) is 30.6 Å². The second kappa shape index (κ2) is 9.60. The zero-order valence-electron chi connectivity index (χ0n) is 16.2. The Kier molecular flexibility index (Phi) is 7.19. The van der Waals surface area contributed by atoms with Crippen molar-refractivity contribution in [1.82, 2.24) is 9.80 Å². The monoisotopic (exact) mass is 389 g/mol. The average Bonchev–Trinajstić information content (AvgIpc) is 3.10. The van der Waals surface area contributed by atoms with Gasteiger partial charge in [0.15, 0.2) is 0 Å². The summed E-state index contributed by atoms with van der Waals surface area (Å²) in [5.74, 6) is 1.14. The van der Waals surface area contributed by atoms with Crippen LogP contribution in [0, 0.1) is 0 Å². The van der Waals surface area contributed by atoms with Crippen molar-refractivity contribution >= 4 is 23.6 Å². The number of carbonyl (C=O) groups excluding carboxylic acids is 2. The maximum absolute atomic E-state index is 12.5. The molecule has 2 amide bonds. The Hall–Kier alpha value is -1.53. The highest BCUT2D eigenvalue weighted by molar-refractivity contribution is 8.00. The minimum Gasteiger partial charge on any atom is -0.342 e. The van der Waals surface area contributed by atoms with E-state index in [1.165, 1.54) is 36.6 Å². The second-order valence-corrected chi connectivity index (χ2v) is 8.75. The van der Waals surface area contributed by atoms with Crippen molar-refractivity contribution in [3.8, 4) is 0 Å². The first-order valence-electron chi connectivity index (χ1n) is 9.98. The lowest BCUT2D eigenvalue weighted by Gasteiger charge is -2.31. The molecule has 1 saturated carbocycles. The van der Waals surface area contributed by atoms with Crippen LogP contribution in [0.25, 0.3) is 0 Å². The number of rotatable bonds is 6. The first-order chi connectivity index (χ1) is 13.1. The predicted molar refractivity (Wildman–Crippen MR) is 111 cm³/mol. The van der Waals surface area contributed by atoms with Gasteiger partial charge in [-0.3, -0.25) is 9.59 Å². The molecule has 148 valence electrons. The Morgan fingerprint density at radius 3 is 2.52 bits per heavy atom. The van der Waals surface area contributed by atoms with Gasteiger partial charge >= 0.3 is 0 Å². The summed E-state index contributed by atoms with van der Waals surface area (Å²) in [5.41, 5.74) is 7.47. The van der Waals surface area contributed by atoms with E-state index in [0.717, 1.165) is 12.8 Å². The van der Waals surface area contributed by atoms with Crippen LogP contribution < -0.4 is 5.73 Å². The maximum atomic E-state index is 12.5. The number of thioether (sulfide) groups is 1. The quantitative estimate of drug-likeness (QED) is 0.812. The predicted octanol–water partition coefficient (Wildman–Crippen LogP) is 2.46. The van der Waals surface area contributed by atoms with Gasteiger partial charge in [-0.1, -0.05) is 49.6 Å². The fourth-order valence-electron chi connectivity index (χ4n) is 4.18. The van der Waals surface area contributed by atoms with Gasteiger partial charge in [0.05, 0.1) is 11.5 Å². The molecule has 2 aliphatic rings. The molecule has 0 aromatic heterocycles. The molecule has 1 aromatic carbocycles. The van der Waals surface area contributed by atoms with Crippen LogP contribution in [0.1, 0.15) is 43.6 Å². The number of benzene rings is 1. The Balaban J connectivity index is 1.42. The summed E-state index contributed by atoms with van der Waals surface area (Å²) in [5, 5.41) is 0. The molecular formula is C21H31N3O2S. The number of amides is 2. The third-order valence-corrected chi connectivity index (χ3v) is 6.81. The molecule has 0 unspecified atom stereocenters. The number of hydrogen-bond acceptors (Lipinski definition) is 4. The van der Waals surface area contributed by atoms with Crippen molar-refractivity contribution in [1.29, 1.82) is 0 Å². The summed E-state index contributed by atoms with van der Waals surface area (Å²) >= 11 is 1.42. The lowest BCUT2D eigenvalue weighted by Crippen LogP contribution is -2.39. The molecule has 27 heavy (non-hydrogen) atoms. The molecule has 2 fully saturated rings. The average molecular weight is 390 g/mol. The van der Waals surface area contributed by atoms with Crippen LogP contribution in [0.15, 0.2) is 30.3 Å². The molecule has 6 heteroatoms. The van der Waals surface area contributed by atoms with Crippen molar-refractivity contribution < 1.29 is 9.59 Å². The summed E-state index contributed by atoms with van der Waals surface area (Å²) in [6.07, 6.45) is 5.93. The highest BCUT2D eigenvalue weighted by Crippen LogP contribution is 2.27. The van der Waals surface area contributed by atoms with Crippen LogP contribution in [-0.4, -0.2) is 65.3 Å². The highest BCUT2D eigenvalue weighted by atomic mass is 32.2. The minimum absolute atomic E-state index is 0.0274. The standard InChI is InChI=1S/C21H31N3O2S/c1-23(17-10-6-3-7-11-17)20(25)14-27-15-21(26)24-12-18(19(22)13-24)16-8-4-2-5-9-16/h2,4-5,8-9,17-19H,3,6-7,10-15,22H2,1H3/t18-,19+/m0/s1. The Morgan fingerprint density at radius 2 is 1.81 bits per heavy atom. The van der Waals surface area contributed by atoms with Crippen LogP contribution in [-0.2, 0) is 9.59 Å². The number of likely N-dealkylation sites (tertiary alicyclic amines) is 1. The molecule has 1 aliphatic heterocycles. The Morgan fingerprint density at radius 1 is 1.11 bits per heavy atom. The maximum Gasteiger partial charge on any atom is 0.232 e. The molecular weight excluding hydrogens is 358 g/mol. The molecule has 2 atom stereocenters. The van der Waals surface area contributed by atoms with Crippen LogP contribution in [0.5, 0.6) is 0 Å². The van der Waals surface area contributed by atoms with Crippen molar-refractivity contribution in [2.24, 2.45) is 5.73 Å².